The molecule has 2 aromatic rings. The summed E-state index contributed by atoms with van der Waals surface area (Å²) in [5.41, 5.74) is 1.55. The maximum Gasteiger partial charge on any atom is 0.341 e. The van der Waals surface area contributed by atoms with Crippen LogP contribution in [-0.2, 0) is 32.5 Å². The first-order chi connectivity index (χ1) is 14.6. The van der Waals surface area contributed by atoms with Gasteiger partial charge in [-0.25, -0.2) is 13.2 Å². The first-order valence-corrected chi connectivity index (χ1v) is 12.1. The van der Waals surface area contributed by atoms with Gasteiger partial charge in [0.1, 0.15) is 17.3 Å². The van der Waals surface area contributed by atoms with Crippen LogP contribution >= 0.6 is 11.3 Å². The molecule has 0 radical (unpaired) electrons. The van der Waals surface area contributed by atoms with Crippen molar-refractivity contribution in [3.05, 3.63) is 40.3 Å². The first-order valence-electron chi connectivity index (χ1n) is 9.47. The summed E-state index contributed by atoms with van der Waals surface area (Å²) in [4.78, 5) is 28.3. The highest BCUT2D eigenvalue weighted by Gasteiger charge is 2.29. The zero-order valence-electron chi connectivity index (χ0n) is 17.8. The lowest BCUT2D eigenvalue weighted by Gasteiger charge is -2.22. The molecule has 9 nitrogen and oxygen atoms in total. The highest BCUT2D eigenvalue weighted by molar-refractivity contribution is 7.92. The molecular weight excluding hydrogens is 442 g/mol. The van der Waals surface area contributed by atoms with Gasteiger partial charge in [0.05, 0.1) is 31.7 Å². The van der Waals surface area contributed by atoms with Gasteiger partial charge in [0.2, 0.25) is 15.9 Å². The van der Waals surface area contributed by atoms with E-state index in [9.17, 15) is 18.0 Å². The highest BCUT2D eigenvalue weighted by atomic mass is 32.2. The molecule has 1 amide bonds. The number of carbonyl (C=O) groups is 2. The van der Waals surface area contributed by atoms with E-state index in [2.05, 4.69) is 10.2 Å². The minimum absolute atomic E-state index is 0.332. The Balaban J connectivity index is 1.86. The van der Waals surface area contributed by atoms with E-state index in [1.54, 1.807) is 24.3 Å². The molecule has 11 heteroatoms. The zero-order chi connectivity index (χ0) is 22.8. The molecule has 1 aliphatic heterocycles. The first kappa shape index (κ1) is 23.0. The van der Waals surface area contributed by atoms with Crippen LogP contribution in [0, 0.1) is 0 Å². The van der Waals surface area contributed by atoms with E-state index in [4.69, 9.17) is 9.47 Å². The third-order valence-electron chi connectivity index (χ3n) is 4.94. The second kappa shape index (κ2) is 9.25. The molecule has 2 heterocycles. The average molecular weight is 468 g/mol. The van der Waals surface area contributed by atoms with Crippen molar-refractivity contribution < 1.29 is 27.5 Å². The molecule has 1 aromatic carbocycles. The fourth-order valence-corrected chi connectivity index (χ4v) is 5.57. The van der Waals surface area contributed by atoms with Crippen molar-refractivity contribution in [2.24, 2.45) is 0 Å². The number of nitrogens with one attached hydrogen (secondary N) is 1. The molecule has 1 aromatic heterocycles. The summed E-state index contributed by atoms with van der Waals surface area (Å²) in [5.74, 6) is -0.510. The Bertz CT molecular complexity index is 1080. The summed E-state index contributed by atoms with van der Waals surface area (Å²) in [7, 11) is 1.06. The predicted octanol–water partition coefficient (Wildman–Crippen LogP) is 1.94. The quantitative estimate of drug-likeness (QED) is 0.621. The van der Waals surface area contributed by atoms with Crippen molar-refractivity contribution in [2.45, 2.75) is 13.0 Å². The third-order valence-corrected chi connectivity index (χ3v) is 7.21. The number of sulfonamides is 1. The minimum atomic E-state index is -3.73. The van der Waals surface area contributed by atoms with Crippen molar-refractivity contribution >= 4 is 43.9 Å². The molecular formula is C20H25N3O6S2. The van der Waals surface area contributed by atoms with Gasteiger partial charge >= 0.3 is 5.97 Å². The van der Waals surface area contributed by atoms with Crippen LogP contribution in [0.2, 0.25) is 0 Å². The molecule has 1 N–H and O–H groups in total. The van der Waals surface area contributed by atoms with E-state index in [0.29, 0.717) is 35.0 Å². The molecule has 0 fully saturated rings. The van der Waals surface area contributed by atoms with Crippen molar-refractivity contribution in [1.82, 2.24) is 4.90 Å². The Morgan fingerprint density at radius 2 is 1.90 bits per heavy atom. The molecule has 0 atom stereocenters. The minimum Gasteiger partial charge on any atom is -0.497 e. The number of ether oxygens (including phenoxy) is 2. The van der Waals surface area contributed by atoms with Crippen LogP contribution in [-0.4, -0.2) is 65.8 Å². The number of esters is 1. The Morgan fingerprint density at radius 3 is 2.48 bits per heavy atom. The van der Waals surface area contributed by atoms with Crippen LogP contribution in [0.1, 0.15) is 20.8 Å². The van der Waals surface area contributed by atoms with E-state index in [1.807, 2.05) is 7.05 Å². The summed E-state index contributed by atoms with van der Waals surface area (Å²) in [6.45, 7) is 1.02. The number of amides is 1. The number of rotatable bonds is 7. The van der Waals surface area contributed by atoms with Crippen molar-refractivity contribution in [1.29, 1.82) is 0 Å². The van der Waals surface area contributed by atoms with Crippen LogP contribution in [0.5, 0.6) is 5.75 Å². The Hall–Kier alpha value is -2.63. The van der Waals surface area contributed by atoms with E-state index >= 15 is 0 Å². The van der Waals surface area contributed by atoms with Crippen LogP contribution in [0.3, 0.4) is 0 Å². The van der Waals surface area contributed by atoms with Gasteiger partial charge in [0.25, 0.3) is 0 Å². The number of hydrogen-bond donors (Lipinski definition) is 1. The van der Waals surface area contributed by atoms with Crippen LogP contribution < -0.4 is 14.4 Å². The smallest absolute Gasteiger partial charge is 0.341 e. The topological polar surface area (TPSA) is 105 Å². The Morgan fingerprint density at radius 1 is 1.23 bits per heavy atom. The molecule has 31 heavy (non-hydrogen) atoms. The van der Waals surface area contributed by atoms with E-state index in [0.717, 1.165) is 27.5 Å². The number of anilines is 2. The van der Waals surface area contributed by atoms with E-state index in [1.165, 1.54) is 25.6 Å². The zero-order valence-corrected chi connectivity index (χ0v) is 19.4. The standard InChI is InChI=1S/C20H25N3O6S2/c1-22-10-9-15-16(11-22)30-19(18(15)20(25)29-3)21-17(24)12-23(31(4,26)27)13-5-7-14(28-2)8-6-13/h5-8H,9-12H2,1-4H3,(H,21,24). The maximum atomic E-state index is 12.8. The number of benzene rings is 1. The number of thiophene rings is 1. The molecule has 0 saturated heterocycles. The summed E-state index contributed by atoms with van der Waals surface area (Å²) in [6.07, 6.45) is 1.70. The lowest BCUT2D eigenvalue weighted by molar-refractivity contribution is -0.114. The Kier molecular flexibility index (Phi) is 6.87. The fourth-order valence-electron chi connectivity index (χ4n) is 3.38. The number of hydrogen-bond acceptors (Lipinski definition) is 8. The van der Waals surface area contributed by atoms with E-state index < -0.39 is 28.4 Å². The third kappa shape index (κ3) is 5.17. The van der Waals surface area contributed by atoms with Gasteiger partial charge in [-0.1, -0.05) is 0 Å². The van der Waals surface area contributed by atoms with Gasteiger partial charge in [-0.3, -0.25) is 9.10 Å². The lowest BCUT2D eigenvalue weighted by Crippen LogP contribution is -2.37. The summed E-state index contributed by atoms with van der Waals surface area (Å²) < 4.78 is 35.7. The molecule has 0 bridgehead atoms. The predicted molar refractivity (Wildman–Crippen MR) is 120 cm³/mol. The SMILES string of the molecule is COC(=O)c1c(NC(=O)CN(c2ccc(OC)cc2)S(C)(=O)=O)sc2c1CCN(C)C2. The summed E-state index contributed by atoms with van der Waals surface area (Å²) in [5, 5.41) is 3.10. The molecule has 0 unspecified atom stereocenters. The van der Waals surface area contributed by atoms with Crippen molar-refractivity contribution in [2.75, 3.05) is 50.2 Å². The largest absolute Gasteiger partial charge is 0.497 e. The van der Waals surface area contributed by atoms with Crippen molar-refractivity contribution in [3.63, 3.8) is 0 Å². The number of carbonyl (C=O) groups excluding carboxylic acids is 2. The van der Waals surface area contributed by atoms with Gasteiger partial charge in [-0.2, -0.15) is 0 Å². The van der Waals surface area contributed by atoms with Gasteiger partial charge in [0.15, 0.2) is 0 Å². The maximum absolute atomic E-state index is 12.8. The number of nitrogens with zero attached hydrogens (tertiary/aromatic N) is 2. The molecule has 0 spiro atoms. The van der Waals surface area contributed by atoms with Crippen LogP contribution in [0.4, 0.5) is 10.7 Å². The van der Waals surface area contributed by atoms with Gasteiger partial charge < -0.3 is 19.7 Å². The van der Waals surface area contributed by atoms with Crippen LogP contribution in [0.15, 0.2) is 24.3 Å². The van der Waals surface area contributed by atoms with E-state index in [-0.39, 0.29) is 0 Å². The molecule has 0 saturated carbocycles. The lowest BCUT2D eigenvalue weighted by atomic mass is 10.0. The molecule has 0 aliphatic carbocycles. The Labute approximate surface area is 185 Å². The van der Waals surface area contributed by atoms with Gasteiger partial charge in [-0.05, 0) is 43.3 Å². The number of likely N-dealkylation sites (N-methyl/N-ethyl adjacent to an activating group) is 1. The fraction of sp³-hybridized carbons (Fsp3) is 0.400. The second-order valence-corrected chi connectivity index (χ2v) is 10.2. The second-order valence-electron chi connectivity index (χ2n) is 7.20. The van der Waals surface area contributed by atoms with Gasteiger partial charge in [-0.15, -0.1) is 11.3 Å². The van der Waals surface area contributed by atoms with Gasteiger partial charge in [0, 0.05) is 18.0 Å². The number of fused-ring (bicyclic) bond motifs is 1. The summed E-state index contributed by atoms with van der Waals surface area (Å²) in [6, 6.07) is 6.36. The van der Waals surface area contributed by atoms with Crippen LogP contribution in [0.25, 0.3) is 0 Å². The normalized spacial score (nSPS) is 13.9. The average Bonchev–Trinajstić information content (AvgIpc) is 3.07. The summed E-state index contributed by atoms with van der Waals surface area (Å²) >= 11 is 1.31. The molecule has 3 rings (SSSR count). The number of methoxy groups -OCH3 is 2. The van der Waals surface area contributed by atoms with Crippen molar-refractivity contribution in [3.8, 4) is 5.75 Å². The molecule has 168 valence electrons. The highest BCUT2D eigenvalue weighted by Crippen LogP contribution is 2.37. The molecule has 1 aliphatic rings. The monoisotopic (exact) mass is 467 g/mol.